The molecule has 0 radical (unpaired) electrons. The smallest absolute Gasteiger partial charge is 0.358 e. The second-order valence-corrected chi connectivity index (χ2v) is 2.86. The average Bonchev–Trinajstić information content (AvgIpc) is 2.71. The molecular weight excluding hydrogens is 196 g/mol. The van der Waals surface area contributed by atoms with Crippen LogP contribution in [-0.4, -0.2) is 14.6 Å². The Labute approximate surface area is 85.3 Å². The Bertz CT molecular complexity index is 449. The maximum atomic E-state index is 10.3. The summed E-state index contributed by atoms with van der Waals surface area (Å²) in [5, 5.41) is 10.3. The summed E-state index contributed by atoms with van der Waals surface area (Å²) in [6.07, 6.45) is 5.06. The van der Waals surface area contributed by atoms with Gasteiger partial charge in [0.2, 0.25) is 0 Å². The molecule has 0 spiro atoms. The molecule has 0 saturated heterocycles. The molecule has 0 aliphatic rings. The van der Waals surface area contributed by atoms with Crippen molar-refractivity contribution in [2.45, 2.75) is 0 Å². The molecule has 0 unspecified atom stereocenters. The van der Waals surface area contributed by atoms with Crippen molar-refractivity contribution >= 4 is 11.5 Å². The van der Waals surface area contributed by atoms with Crippen LogP contribution in [0.5, 0.6) is 0 Å². The van der Waals surface area contributed by atoms with Crippen LogP contribution in [0.25, 0.3) is 0 Å². The Morgan fingerprint density at radius 2 is 2.07 bits per heavy atom. The van der Waals surface area contributed by atoms with Crippen LogP contribution in [0.1, 0.15) is 0 Å². The van der Waals surface area contributed by atoms with Gasteiger partial charge < -0.3 is 10.1 Å². The molecule has 6 heteroatoms. The van der Waals surface area contributed by atoms with Gasteiger partial charge in [-0.2, -0.15) is 0 Å². The summed E-state index contributed by atoms with van der Waals surface area (Å²) in [4.78, 5) is 13.5. The molecule has 2 aromatic rings. The number of rotatable bonds is 3. The monoisotopic (exact) mass is 204 g/mol. The van der Waals surface area contributed by atoms with Crippen molar-refractivity contribution in [3.05, 3.63) is 53.0 Å². The number of pyridine rings is 1. The molecule has 0 aliphatic carbocycles. The van der Waals surface area contributed by atoms with Crippen molar-refractivity contribution in [2.24, 2.45) is 0 Å². The van der Waals surface area contributed by atoms with Gasteiger partial charge in [0.1, 0.15) is 0 Å². The molecule has 2 aromatic heterocycles. The van der Waals surface area contributed by atoms with Gasteiger partial charge in [-0.25, -0.2) is 0 Å². The topological polar surface area (TPSA) is 73.0 Å². The summed E-state index contributed by atoms with van der Waals surface area (Å²) in [6, 6.07) is 6.69. The van der Waals surface area contributed by atoms with E-state index in [2.05, 4.69) is 10.4 Å². The Balaban J connectivity index is 2.14. The molecule has 76 valence electrons. The van der Waals surface area contributed by atoms with Crippen LogP contribution in [0, 0.1) is 10.1 Å². The summed E-state index contributed by atoms with van der Waals surface area (Å²) >= 11 is 0. The second-order valence-electron chi connectivity index (χ2n) is 2.86. The first kappa shape index (κ1) is 9.20. The lowest BCUT2D eigenvalue weighted by Crippen LogP contribution is -2.05. The minimum atomic E-state index is -0.528. The predicted molar refractivity (Wildman–Crippen MR) is 54.3 cm³/mol. The molecule has 0 aliphatic heterocycles. The number of nitro groups is 1. The van der Waals surface area contributed by atoms with E-state index in [-0.39, 0.29) is 5.82 Å². The van der Waals surface area contributed by atoms with Crippen molar-refractivity contribution in [3.63, 3.8) is 0 Å². The minimum absolute atomic E-state index is 0.159. The molecule has 0 fully saturated rings. The molecule has 1 N–H and O–H groups in total. The highest BCUT2D eigenvalue weighted by Crippen LogP contribution is 2.11. The van der Waals surface area contributed by atoms with Crippen LogP contribution in [0.15, 0.2) is 42.9 Å². The first-order valence-electron chi connectivity index (χ1n) is 4.26. The van der Waals surface area contributed by atoms with Crippen LogP contribution in [0.2, 0.25) is 0 Å². The number of hydrogen-bond acceptors (Lipinski definition) is 4. The standard InChI is InChI=1S/C9H8N4O2/c14-13(15)9-4-3-8(7-10-9)11-12-5-1-2-6-12/h1-7,11H. The SMILES string of the molecule is O=[N+]([O-])c1ccc(Nn2cccc2)cn1. The summed E-state index contributed by atoms with van der Waals surface area (Å²) in [5.41, 5.74) is 3.67. The quantitative estimate of drug-likeness (QED) is 0.609. The van der Waals surface area contributed by atoms with E-state index < -0.39 is 4.92 Å². The zero-order chi connectivity index (χ0) is 10.7. The van der Waals surface area contributed by atoms with E-state index in [4.69, 9.17) is 0 Å². The third kappa shape index (κ3) is 2.11. The number of anilines is 1. The summed E-state index contributed by atoms with van der Waals surface area (Å²) in [6.45, 7) is 0. The van der Waals surface area contributed by atoms with E-state index in [9.17, 15) is 10.1 Å². The van der Waals surface area contributed by atoms with Crippen LogP contribution in [0.3, 0.4) is 0 Å². The van der Waals surface area contributed by atoms with Crippen molar-refractivity contribution in [3.8, 4) is 0 Å². The van der Waals surface area contributed by atoms with Crippen molar-refractivity contribution in [1.29, 1.82) is 0 Å². The normalized spacial score (nSPS) is 9.87. The molecule has 0 atom stereocenters. The third-order valence-corrected chi connectivity index (χ3v) is 1.80. The van der Waals surface area contributed by atoms with Gasteiger partial charge in [-0.3, -0.25) is 10.1 Å². The van der Waals surface area contributed by atoms with Crippen molar-refractivity contribution in [2.75, 3.05) is 5.43 Å². The fourth-order valence-corrected chi connectivity index (χ4v) is 1.12. The predicted octanol–water partition coefficient (Wildman–Crippen LogP) is 1.67. The molecule has 0 bridgehead atoms. The molecule has 15 heavy (non-hydrogen) atoms. The van der Waals surface area contributed by atoms with E-state index in [0.717, 1.165) is 0 Å². The highest BCUT2D eigenvalue weighted by Gasteiger charge is 2.05. The number of hydrogen-bond donors (Lipinski definition) is 1. The summed E-state index contributed by atoms with van der Waals surface area (Å²) in [5.74, 6) is -0.159. The molecule has 2 heterocycles. The van der Waals surface area contributed by atoms with E-state index in [1.54, 1.807) is 10.7 Å². The maximum Gasteiger partial charge on any atom is 0.363 e. The highest BCUT2D eigenvalue weighted by atomic mass is 16.6. The van der Waals surface area contributed by atoms with E-state index in [0.29, 0.717) is 5.69 Å². The molecule has 0 aromatic carbocycles. The largest absolute Gasteiger partial charge is 0.363 e. The molecular formula is C9H8N4O2. The van der Waals surface area contributed by atoms with Crippen LogP contribution in [0.4, 0.5) is 11.5 Å². The van der Waals surface area contributed by atoms with Gasteiger partial charge in [-0.15, -0.1) is 0 Å². The van der Waals surface area contributed by atoms with E-state index in [1.165, 1.54) is 12.3 Å². The van der Waals surface area contributed by atoms with Crippen molar-refractivity contribution < 1.29 is 4.92 Å². The minimum Gasteiger partial charge on any atom is -0.358 e. The Hall–Kier alpha value is -2.37. The van der Waals surface area contributed by atoms with Crippen LogP contribution < -0.4 is 5.43 Å². The van der Waals surface area contributed by atoms with E-state index in [1.807, 2.05) is 24.5 Å². The van der Waals surface area contributed by atoms with Gasteiger partial charge in [-0.1, -0.05) is 0 Å². The molecule has 0 amide bonds. The fourth-order valence-electron chi connectivity index (χ4n) is 1.12. The Kier molecular flexibility index (Phi) is 2.32. The van der Waals surface area contributed by atoms with Gasteiger partial charge >= 0.3 is 5.82 Å². The van der Waals surface area contributed by atoms with Gasteiger partial charge in [0, 0.05) is 18.5 Å². The molecule has 6 nitrogen and oxygen atoms in total. The zero-order valence-electron chi connectivity index (χ0n) is 7.70. The summed E-state index contributed by atoms with van der Waals surface area (Å²) < 4.78 is 1.73. The van der Waals surface area contributed by atoms with Gasteiger partial charge in [0.05, 0.1) is 5.69 Å². The van der Waals surface area contributed by atoms with Crippen LogP contribution in [-0.2, 0) is 0 Å². The first-order valence-corrected chi connectivity index (χ1v) is 4.26. The lowest BCUT2D eigenvalue weighted by Gasteiger charge is -2.04. The Morgan fingerprint density at radius 3 is 2.60 bits per heavy atom. The Morgan fingerprint density at radius 1 is 1.33 bits per heavy atom. The van der Waals surface area contributed by atoms with Gasteiger partial charge in [-0.05, 0) is 28.1 Å². The lowest BCUT2D eigenvalue weighted by molar-refractivity contribution is -0.389. The van der Waals surface area contributed by atoms with Crippen LogP contribution >= 0.6 is 0 Å². The highest BCUT2D eigenvalue weighted by molar-refractivity contribution is 5.43. The maximum absolute atomic E-state index is 10.3. The van der Waals surface area contributed by atoms with Gasteiger partial charge in [0.25, 0.3) is 0 Å². The fraction of sp³-hybridized carbons (Fsp3) is 0. The molecule has 2 rings (SSSR count). The number of aromatic nitrogens is 2. The average molecular weight is 204 g/mol. The third-order valence-electron chi connectivity index (χ3n) is 1.80. The number of nitrogens with zero attached hydrogens (tertiary/aromatic N) is 3. The van der Waals surface area contributed by atoms with Gasteiger partial charge in [0.15, 0.2) is 6.20 Å². The first-order chi connectivity index (χ1) is 7.25. The van der Waals surface area contributed by atoms with Crippen molar-refractivity contribution in [1.82, 2.24) is 9.66 Å². The zero-order valence-corrected chi connectivity index (χ0v) is 7.70. The summed E-state index contributed by atoms with van der Waals surface area (Å²) in [7, 11) is 0. The number of nitrogens with one attached hydrogen (secondary N) is 1. The van der Waals surface area contributed by atoms with E-state index >= 15 is 0 Å². The molecule has 0 saturated carbocycles. The lowest BCUT2D eigenvalue weighted by atomic mass is 10.4. The second kappa shape index (κ2) is 3.79.